The summed E-state index contributed by atoms with van der Waals surface area (Å²) in [6.45, 7) is 2.05. The van der Waals surface area contributed by atoms with E-state index in [0.29, 0.717) is 0 Å². The molecule has 0 aliphatic carbocycles. The van der Waals surface area contributed by atoms with Crippen molar-refractivity contribution >= 4 is 16.9 Å². The minimum atomic E-state index is -0.860. The average molecular weight is 344 g/mol. The van der Waals surface area contributed by atoms with Crippen LogP contribution in [0.25, 0.3) is 11.0 Å². The number of furan rings is 1. The standard InChI is InChI=1S/C18H17FN2O4/c1-12(25-15-5-3-2-4-14(15)19)17(22)20-8-10-21-9-6-13-7-11-24-16(13)18(21)23/h2-7,9,11-12H,8,10H2,1H3,(H,20,22). The summed E-state index contributed by atoms with van der Waals surface area (Å²) in [5.74, 6) is -0.902. The van der Waals surface area contributed by atoms with E-state index in [9.17, 15) is 14.0 Å². The number of ether oxygens (including phenoxy) is 1. The molecule has 0 radical (unpaired) electrons. The van der Waals surface area contributed by atoms with Gasteiger partial charge in [-0.15, -0.1) is 0 Å². The van der Waals surface area contributed by atoms with Gasteiger partial charge in [-0.25, -0.2) is 4.39 Å². The van der Waals surface area contributed by atoms with E-state index >= 15 is 0 Å². The van der Waals surface area contributed by atoms with Crippen LogP contribution in [0, 0.1) is 5.82 Å². The Bertz CT molecular complexity index is 947. The predicted molar refractivity (Wildman–Crippen MR) is 90.0 cm³/mol. The van der Waals surface area contributed by atoms with Crippen LogP contribution >= 0.6 is 0 Å². The van der Waals surface area contributed by atoms with E-state index in [1.54, 1.807) is 30.5 Å². The normalized spacial score (nSPS) is 12.1. The lowest BCUT2D eigenvalue weighted by molar-refractivity contribution is -0.127. The van der Waals surface area contributed by atoms with Gasteiger partial charge in [0.25, 0.3) is 11.5 Å². The van der Waals surface area contributed by atoms with Crippen LogP contribution in [-0.4, -0.2) is 23.1 Å². The van der Waals surface area contributed by atoms with Gasteiger partial charge in [-0.1, -0.05) is 12.1 Å². The Morgan fingerprint density at radius 3 is 2.92 bits per heavy atom. The second-order valence-corrected chi connectivity index (χ2v) is 5.50. The maximum absolute atomic E-state index is 13.5. The molecule has 1 unspecified atom stereocenters. The smallest absolute Gasteiger partial charge is 0.294 e. The number of para-hydroxylation sites is 1. The summed E-state index contributed by atoms with van der Waals surface area (Å²) in [5.41, 5.74) is 0.0254. The minimum absolute atomic E-state index is 0.0182. The summed E-state index contributed by atoms with van der Waals surface area (Å²) in [4.78, 5) is 24.2. The summed E-state index contributed by atoms with van der Waals surface area (Å²) >= 11 is 0. The first kappa shape index (κ1) is 16.8. The SMILES string of the molecule is CC(Oc1ccccc1F)C(=O)NCCn1ccc2ccoc2c1=O. The van der Waals surface area contributed by atoms with E-state index in [1.165, 1.54) is 29.9 Å². The third-order valence-electron chi connectivity index (χ3n) is 3.75. The van der Waals surface area contributed by atoms with Gasteiger partial charge in [0.15, 0.2) is 23.3 Å². The molecule has 0 bridgehead atoms. The molecule has 2 aromatic heterocycles. The number of halogens is 1. The number of rotatable bonds is 6. The van der Waals surface area contributed by atoms with Crippen LogP contribution in [0.4, 0.5) is 4.39 Å². The van der Waals surface area contributed by atoms with Crippen molar-refractivity contribution < 1.29 is 18.3 Å². The molecule has 6 nitrogen and oxygen atoms in total. The monoisotopic (exact) mass is 344 g/mol. The van der Waals surface area contributed by atoms with Gasteiger partial charge in [0.2, 0.25) is 0 Å². The molecule has 25 heavy (non-hydrogen) atoms. The van der Waals surface area contributed by atoms with E-state index in [4.69, 9.17) is 9.15 Å². The predicted octanol–water partition coefficient (Wildman–Crippen LogP) is 2.32. The molecule has 0 aliphatic heterocycles. The van der Waals surface area contributed by atoms with Gasteiger partial charge in [0.1, 0.15) is 0 Å². The number of benzene rings is 1. The maximum atomic E-state index is 13.5. The molecule has 3 aromatic rings. The highest BCUT2D eigenvalue weighted by molar-refractivity contribution is 5.80. The van der Waals surface area contributed by atoms with Crippen LogP contribution in [0.2, 0.25) is 0 Å². The van der Waals surface area contributed by atoms with Crippen molar-refractivity contribution in [3.05, 3.63) is 65.0 Å². The van der Waals surface area contributed by atoms with Gasteiger partial charge in [0.05, 0.1) is 6.26 Å². The number of fused-ring (bicyclic) bond motifs is 1. The molecule has 0 aliphatic rings. The lowest BCUT2D eigenvalue weighted by atomic mass is 10.3. The lowest BCUT2D eigenvalue weighted by Gasteiger charge is -2.15. The summed E-state index contributed by atoms with van der Waals surface area (Å²) in [6, 6.07) is 9.37. The zero-order valence-corrected chi connectivity index (χ0v) is 13.6. The molecule has 0 saturated heterocycles. The van der Waals surface area contributed by atoms with Crippen LogP contribution in [0.5, 0.6) is 5.75 Å². The Labute approximate surface area is 142 Å². The fourth-order valence-electron chi connectivity index (χ4n) is 2.40. The zero-order chi connectivity index (χ0) is 17.8. The molecule has 1 amide bonds. The fourth-order valence-corrected chi connectivity index (χ4v) is 2.40. The Hall–Kier alpha value is -3.09. The average Bonchev–Trinajstić information content (AvgIpc) is 3.08. The molecule has 2 heterocycles. The Kier molecular flexibility index (Phi) is 4.83. The molecule has 130 valence electrons. The highest BCUT2D eigenvalue weighted by Gasteiger charge is 2.16. The van der Waals surface area contributed by atoms with Crippen LogP contribution < -0.4 is 15.6 Å². The van der Waals surface area contributed by atoms with Crippen molar-refractivity contribution in [2.24, 2.45) is 0 Å². The fraction of sp³-hybridized carbons (Fsp3) is 0.222. The second-order valence-electron chi connectivity index (χ2n) is 5.50. The number of pyridine rings is 1. The van der Waals surface area contributed by atoms with E-state index in [2.05, 4.69) is 5.32 Å². The van der Waals surface area contributed by atoms with Crippen molar-refractivity contribution in [3.63, 3.8) is 0 Å². The van der Waals surface area contributed by atoms with Gasteiger partial charge in [-0.3, -0.25) is 9.59 Å². The Morgan fingerprint density at radius 1 is 1.32 bits per heavy atom. The third-order valence-corrected chi connectivity index (χ3v) is 3.75. The van der Waals surface area contributed by atoms with Crippen molar-refractivity contribution in [1.29, 1.82) is 0 Å². The zero-order valence-electron chi connectivity index (χ0n) is 13.6. The molecule has 3 rings (SSSR count). The number of aromatic nitrogens is 1. The summed E-state index contributed by atoms with van der Waals surface area (Å²) in [5, 5.41) is 3.40. The molecule has 0 spiro atoms. The van der Waals surface area contributed by atoms with Crippen molar-refractivity contribution in [3.8, 4) is 5.75 Å². The number of nitrogens with one attached hydrogen (secondary N) is 1. The lowest BCUT2D eigenvalue weighted by Crippen LogP contribution is -2.38. The molecular formula is C18H17FN2O4. The third kappa shape index (κ3) is 3.71. The summed E-state index contributed by atoms with van der Waals surface area (Å²) in [7, 11) is 0. The quantitative estimate of drug-likeness (QED) is 0.745. The number of nitrogens with zero attached hydrogens (tertiary/aromatic N) is 1. The molecule has 1 N–H and O–H groups in total. The van der Waals surface area contributed by atoms with Crippen LogP contribution in [-0.2, 0) is 11.3 Å². The second kappa shape index (κ2) is 7.21. The summed E-state index contributed by atoms with van der Waals surface area (Å²) in [6.07, 6.45) is 2.24. The first-order valence-corrected chi connectivity index (χ1v) is 7.82. The van der Waals surface area contributed by atoms with Gasteiger partial charge in [-0.05, 0) is 31.2 Å². The molecular weight excluding hydrogens is 327 g/mol. The molecule has 1 atom stereocenters. The maximum Gasteiger partial charge on any atom is 0.294 e. The number of carbonyl (C=O) groups excluding carboxylic acids is 1. The van der Waals surface area contributed by atoms with Gasteiger partial charge >= 0.3 is 0 Å². The number of amides is 1. The van der Waals surface area contributed by atoms with Crippen molar-refractivity contribution in [1.82, 2.24) is 9.88 Å². The van der Waals surface area contributed by atoms with E-state index in [0.717, 1.165) is 5.39 Å². The molecule has 0 fully saturated rings. The van der Waals surface area contributed by atoms with Gasteiger partial charge < -0.3 is 19.0 Å². The Morgan fingerprint density at radius 2 is 2.12 bits per heavy atom. The molecule has 1 aromatic carbocycles. The summed E-state index contributed by atoms with van der Waals surface area (Å²) < 4.78 is 25.4. The minimum Gasteiger partial charge on any atom is -0.478 e. The Balaban J connectivity index is 1.55. The van der Waals surface area contributed by atoms with E-state index in [1.807, 2.05) is 0 Å². The first-order chi connectivity index (χ1) is 12.1. The number of carbonyl (C=O) groups is 1. The van der Waals surface area contributed by atoms with Crippen LogP contribution in [0.1, 0.15) is 6.92 Å². The number of hydrogen-bond acceptors (Lipinski definition) is 4. The van der Waals surface area contributed by atoms with Gasteiger partial charge in [-0.2, -0.15) is 0 Å². The van der Waals surface area contributed by atoms with E-state index in [-0.39, 0.29) is 30.0 Å². The van der Waals surface area contributed by atoms with E-state index < -0.39 is 17.8 Å². The molecule has 7 heteroatoms. The van der Waals surface area contributed by atoms with Crippen molar-refractivity contribution in [2.45, 2.75) is 19.6 Å². The first-order valence-electron chi connectivity index (χ1n) is 7.82. The van der Waals surface area contributed by atoms with Crippen LogP contribution in [0.15, 0.2) is 58.1 Å². The largest absolute Gasteiger partial charge is 0.478 e. The highest BCUT2D eigenvalue weighted by atomic mass is 19.1. The number of hydrogen-bond donors (Lipinski definition) is 1. The topological polar surface area (TPSA) is 73.5 Å². The van der Waals surface area contributed by atoms with Gasteiger partial charge in [0, 0.05) is 24.7 Å². The molecule has 0 saturated carbocycles. The van der Waals surface area contributed by atoms with Crippen molar-refractivity contribution in [2.75, 3.05) is 6.54 Å². The highest BCUT2D eigenvalue weighted by Crippen LogP contribution is 2.17. The van der Waals surface area contributed by atoms with Crippen LogP contribution in [0.3, 0.4) is 0 Å².